The minimum Gasteiger partial charge on any atom is -0.467 e. The number of ether oxygens (including phenoxy) is 3. The quantitative estimate of drug-likeness (QED) is 0.316. The van der Waals surface area contributed by atoms with Gasteiger partial charge in [0, 0.05) is 19.5 Å². The monoisotopic (exact) mass is 470 g/mol. The van der Waals surface area contributed by atoms with E-state index in [1.54, 1.807) is 20.8 Å². The molecule has 184 valence electrons. The first-order valence-electron chi connectivity index (χ1n) is 11.3. The highest BCUT2D eigenvalue weighted by Gasteiger charge is 2.33. The van der Waals surface area contributed by atoms with Gasteiger partial charge < -0.3 is 19.5 Å². The molecule has 1 N–H and O–H groups in total. The van der Waals surface area contributed by atoms with Crippen molar-refractivity contribution < 1.29 is 28.6 Å². The van der Waals surface area contributed by atoms with E-state index in [1.165, 1.54) is 12.0 Å². The molecule has 0 bridgehead atoms. The number of hydrogen-bond donors (Lipinski definition) is 1. The molecule has 8 nitrogen and oxygen atoms in total. The highest BCUT2D eigenvalue weighted by molar-refractivity contribution is 5.82. The van der Waals surface area contributed by atoms with E-state index in [1.807, 2.05) is 60.7 Å². The van der Waals surface area contributed by atoms with Crippen LogP contribution in [0.3, 0.4) is 0 Å². The van der Waals surface area contributed by atoms with Gasteiger partial charge in [0.1, 0.15) is 18.2 Å². The topological polar surface area (TPSA) is 94.2 Å². The number of carbonyl (C=O) groups excluding carboxylic acids is 3. The highest BCUT2D eigenvalue weighted by atomic mass is 16.6. The second-order valence-corrected chi connectivity index (χ2v) is 8.74. The van der Waals surface area contributed by atoms with Crippen molar-refractivity contribution in [3.8, 4) is 0 Å². The molecular weight excluding hydrogens is 436 g/mol. The molecule has 0 aliphatic carbocycles. The van der Waals surface area contributed by atoms with E-state index in [2.05, 4.69) is 5.32 Å². The number of nitrogens with zero attached hydrogens (tertiary/aromatic N) is 1. The van der Waals surface area contributed by atoms with Gasteiger partial charge in [-0.25, -0.2) is 14.4 Å². The summed E-state index contributed by atoms with van der Waals surface area (Å²) in [6, 6.07) is 17.9. The van der Waals surface area contributed by atoms with E-state index in [0.717, 1.165) is 11.1 Å². The summed E-state index contributed by atoms with van der Waals surface area (Å²) in [5.41, 5.74) is 1.03. The van der Waals surface area contributed by atoms with E-state index in [9.17, 15) is 14.4 Å². The summed E-state index contributed by atoms with van der Waals surface area (Å²) in [6.07, 6.45) is -0.506. The Labute approximate surface area is 201 Å². The fraction of sp³-hybridized carbons (Fsp3) is 0.423. The first kappa shape index (κ1) is 26.7. The van der Waals surface area contributed by atoms with Gasteiger partial charge in [-0.05, 0) is 38.3 Å². The fourth-order valence-electron chi connectivity index (χ4n) is 3.20. The van der Waals surface area contributed by atoms with Gasteiger partial charge in [-0.15, -0.1) is 0 Å². The molecule has 2 aromatic carbocycles. The molecule has 34 heavy (non-hydrogen) atoms. The molecule has 0 aromatic heterocycles. The Hall–Kier alpha value is -3.55. The van der Waals surface area contributed by atoms with Crippen LogP contribution >= 0.6 is 0 Å². The van der Waals surface area contributed by atoms with E-state index in [4.69, 9.17) is 14.2 Å². The molecule has 0 aliphatic heterocycles. The zero-order chi connectivity index (χ0) is 25.0. The Balaban J connectivity index is 2.00. The van der Waals surface area contributed by atoms with E-state index in [0.29, 0.717) is 6.42 Å². The second-order valence-electron chi connectivity index (χ2n) is 8.74. The van der Waals surface area contributed by atoms with Crippen molar-refractivity contribution in [2.75, 3.05) is 20.2 Å². The number of methoxy groups -OCH3 is 1. The SMILES string of the molecule is COC(=O)C(Cc1ccccc1)N(CCCNC(=O)OCc1ccccc1)C(=O)OC(C)(C)C. The molecule has 0 spiro atoms. The van der Waals surface area contributed by atoms with Crippen LogP contribution in [0.25, 0.3) is 0 Å². The smallest absolute Gasteiger partial charge is 0.411 e. The molecule has 2 aromatic rings. The number of carbonyl (C=O) groups is 3. The minimum atomic E-state index is -0.868. The first-order valence-corrected chi connectivity index (χ1v) is 11.3. The van der Waals surface area contributed by atoms with Crippen LogP contribution in [0.1, 0.15) is 38.3 Å². The summed E-state index contributed by atoms with van der Waals surface area (Å²) in [4.78, 5) is 39.0. The molecule has 0 aliphatic rings. The Bertz CT molecular complexity index is 912. The summed E-state index contributed by atoms with van der Waals surface area (Å²) < 4.78 is 15.7. The Morgan fingerprint density at radius 1 is 0.941 bits per heavy atom. The normalized spacial score (nSPS) is 11.8. The summed E-state index contributed by atoms with van der Waals surface area (Å²) in [6.45, 7) is 5.89. The number of nitrogens with one attached hydrogen (secondary N) is 1. The van der Waals surface area contributed by atoms with Gasteiger partial charge in [0.2, 0.25) is 0 Å². The van der Waals surface area contributed by atoms with Crippen LogP contribution in [0.15, 0.2) is 60.7 Å². The molecule has 0 fully saturated rings. The molecule has 8 heteroatoms. The van der Waals surface area contributed by atoms with Crippen molar-refractivity contribution in [2.45, 2.75) is 51.9 Å². The van der Waals surface area contributed by atoms with Gasteiger partial charge in [-0.2, -0.15) is 0 Å². The third kappa shape index (κ3) is 9.52. The average Bonchev–Trinajstić information content (AvgIpc) is 2.81. The molecule has 0 radical (unpaired) electrons. The van der Waals surface area contributed by atoms with Crippen LogP contribution in [0.5, 0.6) is 0 Å². The van der Waals surface area contributed by atoms with E-state index < -0.39 is 29.8 Å². The van der Waals surface area contributed by atoms with Crippen LogP contribution in [0, 0.1) is 0 Å². The third-order valence-corrected chi connectivity index (χ3v) is 4.81. The standard InChI is InChI=1S/C26H34N2O6/c1-26(2,3)34-25(31)28(22(23(29)32-4)18-20-12-7-5-8-13-20)17-11-16-27-24(30)33-19-21-14-9-6-10-15-21/h5-10,12-15,22H,11,16-19H2,1-4H3,(H,27,30). The summed E-state index contributed by atoms with van der Waals surface area (Å²) >= 11 is 0. The maximum absolute atomic E-state index is 13.0. The average molecular weight is 471 g/mol. The molecular formula is C26H34N2O6. The van der Waals surface area contributed by atoms with Crippen molar-refractivity contribution in [1.82, 2.24) is 10.2 Å². The van der Waals surface area contributed by atoms with Gasteiger partial charge in [0.05, 0.1) is 7.11 Å². The maximum Gasteiger partial charge on any atom is 0.411 e. The summed E-state index contributed by atoms with van der Waals surface area (Å²) in [5, 5.41) is 2.67. The van der Waals surface area contributed by atoms with Crippen molar-refractivity contribution in [2.24, 2.45) is 0 Å². The van der Waals surface area contributed by atoms with Crippen LogP contribution in [0.2, 0.25) is 0 Å². The van der Waals surface area contributed by atoms with Crippen LogP contribution in [-0.4, -0.2) is 54.9 Å². The van der Waals surface area contributed by atoms with Gasteiger partial charge in [0.25, 0.3) is 0 Å². The number of alkyl carbamates (subject to hydrolysis) is 1. The lowest BCUT2D eigenvalue weighted by Crippen LogP contribution is -2.49. The Morgan fingerprint density at radius 2 is 1.53 bits per heavy atom. The van der Waals surface area contributed by atoms with Gasteiger partial charge >= 0.3 is 18.2 Å². The van der Waals surface area contributed by atoms with E-state index in [-0.39, 0.29) is 26.1 Å². The van der Waals surface area contributed by atoms with Gasteiger partial charge in [-0.3, -0.25) is 4.90 Å². The Morgan fingerprint density at radius 3 is 2.09 bits per heavy atom. The largest absolute Gasteiger partial charge is 0.467 e. The lowest BCUT2D eigenvalue weighted by molar-refractivity contribution is -0.146. The minimum absolute atomic E-state index is 0.165. The lowest BCUT2D eigenvalue weighted by atomic mass is 10.0. The number of rotatable bonds is 10. The second kappa shape index (κ2) is 13.2. The number of esters is 1. The van der Waals surface area contributed by atoms with Gasteiger partial charge in [-0.1, -0.05) is 60.7 Å². The highest BCUT2D eigenvalue weighted by Crippen LogP contribution is 2.17. The van der Waals surface area contributed by atoms with Crippen molar-refractivity contribution in [3.05, 3.63) is 71.8 Å². The summed E-state index contributed by atoms with van der Waals surface area (Å²) in [5.74, 6) is -0.537. The van der Waals surface area contributed by atoms with Crippen LogP contribution in [0.4, 0.5) is 9.59 Å². The zero-order valence-corrected chi connectivity index (χ0v) is 20.3. The van der Waals surface area contributed by atoms with Crippen LogP contribution < -0.4 is 5.32 Å². The van der Waals surface area contributed by atoms with Crippen molar-refractivity contribution >= 4 is 18.2 Å². The number of hydrogen-bond acceptors (Lipinski definition) is 6. The fourth-order valence-corrected chi connectivity index (χ4v) is 3.20. The third-order valence-electron chi connectivity index (χ3n) is 4.81. The maximum atomic E-state index is 13.0. The Kier molecular flexibility index (Phi) is 10.4. The zero-order valence-electron chi connectivity index (χ0n) is 20.3. The van der Waals surface area contributed by atoms with Gasteiger partial charge in [0.15, 0.2) is 0 Å². The molecule has 2 rings (SSSR count). The number of benzene rings is 2. The van der Waals surface area contributed by atoms with Crippen molar-refractivity contribution in [1.29, 1.82) is 0 Å². The lowest BCUT2D eigenvalue weighted by Gasteiger charge is -2.32. The first-order chi connectivity index (χ1) is 16.2. The number of amides is 2. The molecule has 1 atom stereocenters. The molecule has 2 amide bonds. The predicted octanol–water partition coefficient (Wildman–Crippen LogP) is 4.32. The van der Waals surface area contributed by atoms with Crippen LogP contribution in [-0.2, 0) is 32.0 Å². The molecule has 0 saturated heterocycles. The van der Waals surface area contributed by atoms with Crippen molar-refractivity contribution in [3.63, 3.8) is 0 Å². The predicted molar refractivity (Wildman–Crippen MR) is 128 cm³/mol. The molecule has 0 heterocycles. The van der Waals surface area contributed by atoms with E-state index >= 15 is 0 Å². The molecule has 0 saturated carbocycles. The molecule has 1 unspecified atom stereocenters. The summed E-state index contributed by atoms with van der Waals surface area (Å²) in [7, 11) is 1.29.